The Bertz CT molecular complexity index is 403. The Labute approximate surface area is 101 Å². The van der Waals surface area contributed by atoms with Crippen molar-refractivity contribution in [2.75, 3.05) is 13.7 Å². The van der Waals surface area contributed by atoms with E-state index in [0.29, 0.717) is 16.7 Å². The first kappa shape index (κ1) is 12.7. The van der Waals surface area contributed by atoms with Crippen LogP contribution in [-0.2, 0) is 16.1 Å². The molecule has 1 heterocycles. The van der Waals surface area contributed by atoms with Gasteiger partial charge in [-0.2, -0.15) is 5.10 Å². The minimum absolute atomic E-state index is 0.156. The highest BCUT2D eigenvalue weighted by Crippen LogP contribution is 2.15. The molecule has 0 saturated carbocycles. The van der Waals surface area contributed by atoms with E-state index in [1.807, 2.05) is 6.92 Å². The summed E-state index contributed by atoms with van der Waals surface area (Å²) >= 11 is 3.22. The minimum atomic E-state index is -0.493. The maximum Gasteiger partial charge on any atom is 0.325 e. The zero-order chi connectivity index (χ0) is 12.1. The van der Waals surface area contributed by atoms with Crippen molar-refractivity contribution in [2.45, 2.75) is 13.5 Å². The van der Waals surface area contributed by atoms with E-state index < -0.39 is 5.97 Å². The highest BCUT2D eigenvalue weighted by Gasteiger charge is 2.16. The van der Waals surface area contributed by atoms with Gasteiger partial charge < -0.3 is 10.1 Å². The number of halogens is 1. The van der Waals surface area contributed by atoms with Crippen molar-refractivity contribution in [3.8, 4) is 0 Å². The predicted octanol–water partition coefficient (Wildman–Crippen LogP) is 0.568. The second kappa shape index (κ2) is 5.64. The van der Waals surface area contributed by atoms with Crippen LogP contribution in [-0.4, -0.2) is 35.3 Å². The Hall–Kier alpha value is -1.37. The number of esters is 1. The monoisotopic (exact) mass is 289 g/mol. The molecule has 0 unspecified atom stereocenters. The molecule has 6 nitrogen and oxygen atoms in total. The molecule has 0 radical (unpaired) electrons. The van der Waals surface area contributed by atoms with Gasteiger partial charge in [-0.25, -0.2) is 0 Å². The molecule has 16 heavy (non-hydrogen) atoms. The molecule has 0 spiro atoms. The van der Waals surface area contributed by atoms with Crippen molar-refractivity contribution in [3.63, 3.8) is 0 Å². The average Bonchev–Trinajstić information content (AvgIpc) is 2.66. The van der Waals surface area contributed by atoms with E-state index in [2.05, 4.69) is 31.1 Å². The maximum absolute atomic E-state index is 11.7. The molecule has 1 amide bonds. The number of rotatable bonds is 4. The number of nitrogens with zero attached hydrogens (tertiary/aromatic N) is 2. The van der Waals surface area contributed by atoms with E-state index in [-0.39, 0.29) is 12.5 Å². The van der Waals surface area contributed by atoms with E-state index in [1.165, 1.54) is 18.0 Å². The number of hydrogen-bond donors (Lipinski definition) is 1. The Balaban J connectivity index is 2.72. The van der Waals surface area contributed by atoms with E-state index in [4.69, 9.17) is 0 Å². The van der Waals surface area contributed by atoms with Crippen molar-refractivity contribution in [3.05, 3.63) is 16.4 Å². The number of carbonyl (C=O) groups is 2. The molecule has 1 aromatic rings. The Morgan fingerprint density at radius 2 is 2.31 bits per heavy atom. The summed E-state index contributed by atoms with van der Waals surface area (Å²) in [5.74, 6) is -0.858. The van der Waals surface area contributed by atoms with Gasteiger partial charge in [-0.1, -0.05) is 0 Å². The second-order valence-electron chi connectivity index (χ2n) is 2.92. The largest absolute Gasteiger partial charge is 0.468 e. The van der Waals surface area contributed by atoms with Gasteiger partial charge in [-0.15, -0.1) is 0 Å². The van der Waals surface area contributed by atoms with E-state index >= 15 is 0 Å². The van der Waals surface area contributed by atoms with Crippen LogP contribution in [0.25, 0.3) is 0 Å². The fourth-order valence-electron chi connectivity index (χ4n) is 1.14. The number of carbonyl (C=O) groups excluding carboxylic acids is 2. The third-order valence-electron chi connectivity index (χ3n) is 1.93. The van der Waals surface area contributed by atoms with Crippen molar-refractivity contribution >= 4 is 27.8 Å². The number of hydrogen-bond acceptors (Lipinski definition) is 4. The molecule has 0 fully saturated rings. The number of aryl methyl sites for hydroxylation is 1. The first-order valence-electron chi connectivity index (χ1n) is 4.66. The zero-order valence-corrected chi connectivity index (χ0v) is 10.6. The molecule has 0 aliphatic heterocycles. The summed E-state index contributed by atoms with van der Waals surface area (Å²) < 4.78 is 6.55. The second-order valence-corrected chi connectivity index (χ2v) is 3.77. The number of ether oxygens (including phenoxy) is 1. The summed E-state index contributed by atoms with van der Waals surface area (Å²) in [5.41, 5.74) is 0.395. The average molecular weight is 290 g/mol. The summed E-state index contributed by atoms with van der Waals surface area (Å²) in [7, 11) is 1.26. The molecule has 0 bridgehead atoms. The van der Waals surface area contributed by atoms with Crippen molar-refractivity contribution in [1.29, 1.82) is 0 Å². The van der Waals surface area contributed by atoms with Crippen molar-refractivity contribution in [1.82, 2.24) is 15.1 Å². The van der Waals surface area contributed by atoms with Gasteiger partial charge in [0.25, 0.3) is 5.91 Å². The number of amides is 1. The minimum Gasteiger partial charge on any atom is -0.468 e. The topological polar surface area (TPSA) is 73.2 Å². The normalized spacial score (nSPS) is 9.94. The first-order chi connectivity index (χ1) is 7.60. The van der Waals surface area contributed by atoms with Crippen LogP contribution in [0.4, 0.5) is 0 Å². The third-order valence-corrected chi connectivity index (χ3v) is 2.51. The molecule has 0 aromatic carbocycles. The van der Waals surface area contributed by atoms with Crippen molar-refractivity contribution < 1.29 is 14.3 Å². The lowest BCUT2D eigenvalue weighted by Gasteiger charge is -2.06. The van der Waals surface area contributed by atoms with E-state index in [1.54, 1.807) is 0 Å². The standard InChI is InChI=1S/C9H12BrN3O3/c1-3-13-8(6(10)4-12-13)9(15)11-5-7(14)16-2/h4H,3,5H2,1-2H3,(H,11,15). The third kappa shape index (κ3) is 2.82. The lowest BCUT2D eigenvalue weighted by Crippen LogP contribution is -2.32. The zero-order valence-electron chi connectivity index (χ0n) is 8.99. The molecule has 0 aliphatic rings. The van der Waals surface area contributed by atoms with Gasteiger partial charge in [0.2, 0.25) is 0 Å². The quantitative estimate of drug-likeness (QED) is 0.823. The first-order valence-corrected chi connectivity index (χ1v) is 5.45. The summed E-state index contributed by atoms with van der Waals surface area (Å²) in [6.45, 7) is 2.29. The van der Waals surface area contributed by atoms with E-state index in [9.17, 15) is 9.59 Å². The Kier molecular flexibility index (Phi) is 4.48. The van der Waals surface area contributed by atoms with Crippen LogP contribution in [0.2, 0.25) is 0 Å². The van der Waals surface area contributed by atoms with Crippen LogP contribution in [0.3, 0.4) is 0 Å². The molecule has 88 valence electrons. The van der Waals surface area contributed by atoms with Crippen LogP contribution in [0.15, 0.2) is 10.7 Å². The summed E-state index contributed by atoms with van der Waals surface area (Å²) in [6.07, 6.45) is 1.54. The molecule has 0 saturated heterocycles. The fourth-order valence-corrected chi connectivity index (χ4v) is 1.61. The van der Waals surface area contributed by atoms with Gasteiger partial charge in [-0.3, -0.25) is 14.3 Å². The summed E-state index contributed by atoms with van der Waals surface area (Å²) in [4.78, 5) is 22.6. The van der Waals surface area contributed by atoms with Gasteiger partial charge in [0.05, 0.1) is 17.8 Å². The summed E-state index contributed by atoms with van der Waals surface area (Å²) in [6, 6.07) is 0. The van der Waals surface area contributed by atoms with Gasteiger partial charge in [0, 0.05) is 6.54 Å². The Morgan fingerprint density at radius 3 is 2.88 bits per heavy atom. The fraction of sp³-hybridized carbons (Fsp3) is 0.444. The molecule has 1 N–H and O–H groups in total. The SMILES string of the molecule is CCn1ncc(Br)c1C(=O)NCC(=O)OC. The number of nitrogens with one attached hydrogen (secondary N) is 1. The molecule has 0 atom stereocenters. The lowest BCUT2D eigenvalue weighted by molar-refractivity contribution is -0.139. The number of aromatic nitrogens is 2. The molecule has 1 aromatic heterocycles. The maximum atomic E-state index is 11.7. The molecule has 0 aliphatic carbocycles. The highest BCUT2D eigenvalue weighted by molar-refractivity contribution is 9.10. The number of methoxy groups -OCH3 is 1. The van der Waals surface area contributed by atoms with Crippen LogP contribution in [0, 0.1) is 0 Å². The van der Waals surface area contributed by atoms with Gasteiger partial charge in [0.15, 0.2) is 0 Å². The Morgan fingerprint density at radius 1 is 1.62 bits per heavy atom. The summed E-state index contributed by atoms with van der Waals surface area (Å²) in [5, 5.41) is 6.44. The van der Waals surface area contributed by atoms with Crippen LogP contribution in [0.1, 0.15) is 17.4 Å². The molecular formula is C9H12BrN3O3. The van der Waals surface area contributed by atoms with Gasteiger partial charge in [-0.05, 0) is 22.9 Å². The molecule has 1 rings (SSSR count). The lowest BCUT2D eigenvalue weighted by atomic mass is 10.4. The molecular weight excluding hydrogens is 278 g/mol. The van der Waals surface area contributed by atoms with Crippen LogP contribution >= 0.6 is 15.9 Å². The van der Waals surface area contributed by atoms with Crippen LogP contribution < -0.4 is 5.32 Å². The molecule has 7 heteroatoms. The smallest absolute Gasteiger partial charge is 0.325 e. The highest BCUT2D eigenvalue weighted by atomic mass is 79.9. The van der Waals surface area contributed by atoms with Gasteiger partial charge >= 0.3 is 5.97 Å². The predicted molar refractivity (Wildman–Crippen MR) is 60.0 cm³/mol. The van der Waals surface area contributed by atoms with Crippen molar-refractivity contribution in [2.24, 2.45) is 0 Å². The van der Waals surface area contributed by atoms with Crippen LogP contribution in [0.5, 0.6) is 0 Å². The van der Waals surface area contributed by atoms with Gasteiger partial charge in [0.1, 0.15) is 12.2 Å². The van der Waals surface area contributed by atoms with E-state index in [0.717, 1.165) is 0 Å².